The molecule has 7 aromatic carbocycles. The van der Waals surface area contributed by atoms with Crippen LogP contribution in [-0.2, 0) is 0 Å². The molecule has 2 heterocycles. The Morgan fingerprint density at radius 3 is 1.48 bits per heavy atom. The summed E-state index contributed by atoms with van der Waals surface area (Å²) in [4.78, 5) is 12.3. The molecule has 0 aliphatic heterocycles. The number of para-hydroxylation sites is 3. The van der Waals surface area contributed by atoms with Gasteiger partial charge in [0.15, 0.2) is 5.82 Å². The Morgan fingerprint density at radius 2 is 0.860 bits per heavy atom. The van der Waals surface area contributed by atoms with E-state index in [2.05, 4.69) is 167 Å². The van der Waals surface area contributed by atoms with Gasteiger partial charge in [0, 0.05) is 50.2 Å². The van der Waals surface area contributed by atoms with Crippen LogP contribution in [0.5, 0.6) is 0 Å². The molecule has 0 saturated carbocycles. The lowest BCUT2D eigenvalue weighted by Gasteiger charge is -2.25. The Balaban J connectivity index is 1.15. The third kappa shape index (κ3) is 5.39. The minimum atomic E-state index is 0.712. The van der Waals surface area contributed by atoms with Crippen molar-refractivity contribution in [2.24, 2.45) is 0 Å². The zero-order valence-corrected chi connectivity index (χ0v) is 27.3. The SMILES string of the molecule is c1ccc(-c2cc(-c3ccc(-n4c5ccccc5c5cc(N(c6ccccc6)c6ccccc6)ccc54)cc3)nc(-c3ccccc3)n2)cc1. The van der Waals surface area contributed by atoms with E-state index >= 15 is 0 Å². The molecule has 9 aromatic rings. The molecule has 4 heteroatoms. The van der Waals surface area contributed by atoms with Gasteiger partial charge in [-0.25, -0.2) is 9.97 Å². The van der Waals surface area contributed by atoms with Gasteiger partial charge in [-0.3, -0.25) is 0 Å². The average molecular weight is 641 g/mol. The first-order valence-electron chi connectivity index (χ1n) is 16.8. The number of aromatic nitrogens is 3. The van der Waals surface area contributed by atoms with Gasteiger partial charge in [0.05, 0.1) is 22.4 Å². The van der Waals surface area contributed by atoms with Gasteiger partial charge in [0.2, 0.25) is 0 Å². The molecule has 0 unspecified atom stereocenters. The average Bonchev–Trinajstić information content (AvgIpc) is 3.53. The summed E-state index contributed by atoms with van der Waals surface area (Å²) >= 11 is 0. The second kappa shape index (κ2) is 12.7. The summed E-state index contributed by atoms with van der Waals surface area (Å²) in [6, 6.07) is 67.9. The molecule has 0 amide bonds. The number of rotatable bonds is 7. The molecule has 0 spiro atoms. The maximum atomic E-state index is 5.05. The van der Waals surface area contributed by atoms with Crippen LogP contribution in [0, 0.1) is 0 Å². The number of benzene rings is 7. The summed E-state index contributed by atoms with van der Waals surface area (Å²) in [5.74, 6) is 0.712. The van der Waals surface area contributed by atoms with E-state index in [-0.39, 0.29) is 0 Å². The lowest BCUT2D eigenvalue weighted by atomic mass is 10.1. The normalized spacial score (nSPS) is 11.2. The number of hydrogen-bond donors (Lipinski definition) is 0. The van der Waals surface area contributed by atoms with Crippen LogP contribution in [0.2, 0.25) is 0 Å². The quantitative estimate of drug-likeness (QED) is 0.174. The summed E-state index contributed by atoms with van der Waals surface area (Å²) < 4.78 is 2.36. The molecular formula is C46H32N4. The standard InChI is InChI=1S/C46H32N4/c1-5-15-33(16-6-1)42-32-43(48-46(47-42)35-17-7-2-8-18-35)34-25-27-38(28-26-34)50-44-24-14-13-23-40(44)41-31-39(29-30-45(41)50)49(36-19-9-3-10-20-36)37-21-11-4-12-22-37/h1-32H. The van der Waals surface area contributed by atoms with Gasteiger partial charge in [-0.1, -0.05) is 127 Å². The molecular weight excluding hydrogens is 609 g/mol. The molecule has 4 nitrogen and oxygen atoms in total. The summed E-state index contributed by atoms with van der Waals surface area (Å²) in [6.45, 7) is 0. The predicted octanol–water partition coefficient (Wildman–Crippen LogP) is 12.0. The van der Waals surface area contributed by atoms with Gasteiger partial charge >= 0.3 is 0 Å². The van der Waals surface area contributed by atoms with Gasteiger partial charge in [-0.05, 0) is 66.7 Å². The van der Waals surface area contributed by atoms with E-state index in [1.807, 2.05) is 36.4 Å². The molecule has 0 saturated heterocycles. The predicted molar refractivity (Wildman–Crippen MR) is 207 cm³/mol. The molecule has 236 valence electrons. The van der Waals surface area contributed by atoms with Crippen LogP contribution in [-0.4, -0.2) is 14.5 Å². The highest BCUT2D eigenvalue weighted by molar-refractivity contribution is 6.10. The summed E-state index contributed by atoms with van der Waals surface area (Å²) in [7, 11) is 0. The second-order valence-electron chi connectivity index (χ2n) is 12.3. The second-order valence-corrected chi connectivity index (χ2v) is 12.3. The van der Waals surface area contributed by atoms with Gasteiger partial charge in [0.25, 0.3) is 0 Å². The van der Waals surface area contributed by atoms with E-state index in [1.54, 1.807) is 0 Å². The molecule has 0 fully saturated rings. The van der Waals surface area contributed by atoms with E-state index in [4.69, 9.17) is 9.97 Å². The van der Waals surface area contributed by atoms with Crippen molar-refractivity contribution in [3.63, 3.8) is 0 Å². The van der Waals surface area contributed by atoms with Crippen LogP contribution in [0.1, 0.15) is 0 Å². The maximum absolute atomic E-state index is 5.05. The first-order valence-corrected chi connectivity index (χ1v) is 16.8. The summed E-state index contributed by atoms with van der Waals surface area (Å²) in [5, 5.41) is 2.42. The van der Waals surface area contributed by atoms with Crippen molar-refractivity contribution in [2.45, 2.75) is 0 Å². The zero-order valence-electron chi connectivity index (χ0n) is 27.3. The third-order valence-corrected chi connectivity index (χ3v) is 9.19. The summed E-state index contributed by atoms with van der Waals surface area (Å²) in [6.07, 6.45) is 0. The molecule has 0 N–H and O–H groups in total. The summed E-state index contributed by atoms with van der Waals surface area (Å²) in [5.41, 5.74) is 11.6. The fourth-order valence-electron chi connectivity index (χ4n) is 6.83. The van der Waals surface area contributed by atoms with E-state index in [0.717, 1.165) is 61.9 Å². The Kier molecular flexibility index (Phi) is 7.45. The molecule has 50 heavy (non-hydrogen) atoms. The highest BCUT2D eigenvalue weighted by atomic mass is 15.1. The van der Waals surface area contributed by atoms with E-state index < -0.39 is 0 Å². The van der Waals surface area contributed by atoms with Gasteiger partial charge < -0.3 is 9.47 Å². The Morgan fingerprint density at radius 1 is 0.360 bits per heavy atom. The minimum absolute atomic E-state index is 0.712. The van der Waals surface area contributed by atoms with Crippen molar-refractivity contribution in [3.8, 4) is 39.6 Å². The van der Waals surface area contributed by atoms with Crippen LogP contribution in [0.25, 0.3) is 61.4 Å². The smallest absolute Gasteiger partial charge is 0.160 e. The van der Waals surface area contributed by atoms with Crippen LogP contribution in [0.4, 0.5) is 17.1 Å². The van der Waals surface area contributed by atoms with Gasteiger partial charge in [0.1, 0.15) is 0 Å². The topological polar surface area (TPSA) is 34.0 Å². The highest BCUT2D eigenvalue weighted by Crippen LogP contribution is 2.39. The number of nitrogens with zero attached hydrogens (tertiary/aromatic N) is 4. The fourth-order valence-corrected chi connectivity index (χ4v) is 6.83. The fraction of sp³-hybridized carbons (Fsp3) is 0. The molecule has 0 aliphatic carbocycles. The largest absolute Gasteiger partial charge is 0.310 e. The highest BCUT2D eigenvalue weighted by Gasteiger charge is 2.17. The molecule has 2 aromatic heterocycles. The van der Waals surface area contributed by atoms with Crippen LogP contribution in [0.3, 0.4) is 0 Å². The Labute approximate surface area is 291 Å². The van der Waals surface area contributed by atoms with Crippen molar-refractivity contribution in [1.29, 1.82) is 0 Å². The van der Waals surface area contributed by atoms with Crippen LogP contribution < -0.4 is 4.90 Å². The molecule has 0 radical (unpaired) electrons. The van der Waals surface area contributed by atoms with Crippen molar-refractivity contribution in [3.05, 3.63) is 194 Å². The van der Waals surface area contributed by atoms with Gasteiger partial charge in [-0.15, -0.1) is 0 Å². The van der Waals surface area contributed by atoms with Crippen molar-refractivity contribution < 1.29 is 0 Å². The minimum Gasteiger partial charge on any atom is -0.310 e. The van der Waals surface area contributed by atoms with Crippen LogP contribution >= 0.6 is 0 Å². The van der Waals surface area contributed by atoms with E-state index in [1.165, 1.54) is 10.8 Å². The van der Waals surface area contributed by atoms with Crippen molar-refractivity contribution in [2.75, 3.05) is 4.90 Å². The van der Waals surface area contributed by atoms with Crippen LogP contribution in [0.15, 0.2) is 194 Å². The first-order chi connectivity index (χ1) is 24.8. The first kappa shape index (κ1) is 29.4. The Bertz CT molecular complexity index is 2460. The molecule has 9 rings (SSSR count). The third-order valence-electron chi connectivity index (χ3n) is 9.19. The van der Waals surface area contributed by atoms with E-state index in [0.29, 0.717) is 5.82 Å². The molecule has 0 aliphatic rings. The van der Waals surface area contributed by atoms with Crippen molar-refractivity contribution >= 4 is 38.9 Å². The number of fused-ring (bicyclic) bond motifs is 3. The Hall–Kier alpha value is -6.78. The van der Waals surface area contributed by atoms with Crippen molar-refractivity contribution in [1.82, 2.24) is 14.5 Å². The molecule has 0 bridgehead atoms. The lowest BCUT2D eigenvalue weighted by molar-refractivity contribution is 1.17. The zero-order chi connectivity index (χ0) is 33.3. The number of anilines is 3. The number of hydrogen-bond acceptors (Lipinski definition) is 3. The monoisotopic (exact) mass is 640 g/mol. The molecule has 0 atom stereocenters. The van der Waals surface area contributed by atoms with Gasteiger partial charge in [-0.2, -0.15) is 0 Å². The van der Waals surface area contributed by atoms with E-state index in [9.17, 15) is 0 Å². The maximum Gasteiger partial charge on any atom is 0.160 e. The lowest BCUT2D eigenvalue weighted by Crippen LogP contribution is -2.09.